The van der Waals surface area contributed by atoms with Gasteiger partial charge in [-0.15, -0.1) is 0 Å². The Hall–Kier alpha value is -0.280. The Morgan fingerprint density at radius 3 is 2.90 bits per heavy atom. The highest BCUT2D eigenvalue weighted by Crippen LogP contribution is 2.14. The molecule has 0 radical (unpaired) electrons. The van der Waals surface area contributed by atoms with Crippen molar-refractivity contribution < 1.29 is 9.52 Å². The van der Waals surface area contributed by atoms with Crippen LogP contribution in [0.3, 0.4) is 0 Å². The Labute approximate surface area is 68.0 Å². The van der Waals surface area contributed by atoms with Gasteiger partial charge in [-0.25, -0.2) is 0 Å². The van der Waals surface area contributed by atoms with Gasteiger partial charge in [0.2, 0.25) is 0 Å². The number of aliphatic hydroxyl groups is 1. The van der Waals surface area contributed by atoms with Gasteiger partial charge in [0.1, 0.15) is 12.0 Å². The molecule has 0 saturated carbocycles. The first-order valence-corrected chi connectivity index (χ1v) is 3.89. The summed E-state index contributed by atoms with van der Waals surface area (Å²) in [6.45, 7) is 1.73. The minimum atomic E-state index is -0.335. The quantitative estimate of drug-likeness (QED) is 0.800. The largest absolute Gasteiger partial charge is 0.468 e. The lowest BCUT2D eigenvalue weighted by Gasteiger charge is -1.97. The van der Waals surface area contributed by atoms with E-state index in [4.69, 9.17) is 9.52 Å². The molecule has 0 aliphatic rings. The molecule has 0 aromatic carbocycles. The molecule has 0 amide bonds. The van der Waals surface area contributed by atoms with Crippen LogP contribution in [-0.4, -0.2) is 11.2 Å². The minimum Gasteiger partial charge on any atom is -0.468 e. The molecule has 1 atom stereocenters. The molecule has 10 heavy (non-hydrogen) atoms. The third-order valence-corrected chi connectivity index (χ3v) is 1.53. The van der Waals surface area contributed by atoms with E-state index in [9.17, 15) is 0 Å². The average Bonchev–Trinajstić information content (AvgIpc) is 2.13. The van der Waals surface area contributed by atoms with Crippen LogP contribution in [0.1, 0.15) is 12.7 Å². The van der Waals surface area contributed by atoms with Gasteiger partial charge in [0.05, 0.1) is 10.6 Å². The number of hydrogen-bond donors (Lipinski definition) is 1. The maximum absolute atomic E-state index is 8.94. The maximum atomic E-state index is 8.94. The Morgan fingerprint density at radius 2 is 2.50 bits per heavy atom. The Balaban J connectivity index is 2.58. The third kappa shape index (κ3) is 2.15. The highest BCUT2D eigenvalue weighted by molar-refractivity contribution is 9.10. The normalized spacial score (nSPS) is 13.5. The van der Waals surface area contributed by atoms with E-state index in [-0.39, 0.29) is 6.10 Å². The molecule has 0 aliphatic carbocycles. The van der Waals surface area contributed by atoms with Crippen LogP contribution >= 0.6 is 15.9 Å². The van der Waals surface area contributed by atoms with E-state index >= 15 is 0 Å². The van der Waals surface area contributed by atoms with Crippen LogP contribution in [0.5, 0.6) is 0 Å². The predicted octanol–water partition coefficient (Wildman–Crippen LogP) is 1.97. The zero-order valence-corrected chi connectivity index (χ0v) is 7.26. The van der Waals surface area contributed by atoms with Crippen molar-refractivity contribution in [1.29, 1.82) is 0 Å². The summed E-state index contributed by atoms with van der Waals surface area (Å²) >= 11 is 3.25. The van der Waals surface area contributed by atoms with Gasteiger partial charge in [0, 0.05) is 6.42 Å². The second-order valence-electron chi connectivity index (χ2n) is 2.28. The molecule has 1 aromatic rings. The summed E-state index contributed by atoms with van der Waals surface area (Å²) in [6.07, 6.45) is 1.85. The first-order chi connectivity index (χ1) is 4.68. The van der Waals surface area contributed by atoms with Gasteiger partial charge in [0.15, 0.2) is 0 Å². The number of halogens is 1. The molecule has 1 rings (SSSR count). The van der Waals surface area contributed by atoms with Gasteiger partial charge >= 0.3 is 0 Å². The maximum Gasteiger partial charge on any atom is 0.107 e. The van der Waals surface area contributed by atoms with Crippen molar-refractivity contribution in [3.8, 4) is 0 Å². The molecule has 0 aliphatic heterocycles. The molecular formula is C7H9BrO2. The zero-order valence-electron chi connectivity index (χ0n) is 5.67. The van der Waals surface area contributed by atoms with Crippen molar-refractivity contribution >= 4 is 15.9 Å². The van der Waals surface area contributed by atoms with E-state index in [1.165, 1.54) is 0 Å². The zero-order chi connectivity index (χ0) is 7.56. The summed E-state index contributed by atoms with van der Waals surface area (Å²) in [6, 6.07) is 1.85. The molecule has 56 valence electrons. The van der Waals surface area contributed by atoms with Crippen molar-refractivity contribution in [2.45, 2.75) is 19.4 Å². The topological polar surface area (TPSA) is 33.4 Å². The molecule has 3 heteroatoms. The molecule has 1 unspecified atom stereocenters. The highest BCUT2D eigenvalue weighted by Gasteiger charge is 2.02. The number of aliphatic hydroxyl groups excluding tert-OH is 1. The molecule has 0 saturated heterocycles. The lowest BCUT2D eigenvalue weighted by molar-refractivity contribution is 0.187. The van der Waals surface area contributed by atoms with Gasteiger partial charge in [-0.1, -0.05) is 0 Å². The van der Waals surface area contributed by atoms with Crippen LogP contribution in [0.25, 0.3) is 0 Å². The lowest BCUT2D eigenvalue weighted by atomic mass is 10.2. The van der Waals surface area contributed by atoms with E-state index in [0.29, 0.717) is 6.42 Å². The van der Waals surface area contributed by atoms with Gasteiger partial charge in [0.25, 0.3) is 0 Å². The van der Waals surface area contributed by atoms with Crippen molar-refractivity contribution in [1.82, 2.24) is 0 Å². The van der Waals surface area contributed by atoms with E-state index in [1.54, 1.807) is 13.2 Å². The van der Waals surface area contributed by atoms with E-state index in [0.717, 1.165) is 10.2 Å². The van der Waals surface area contributed by atoms with E-state index < -0.39 is 0 Å². The van der Waals surface area contributed by atoms with Gasteiger partial charge < -0.3 is 9.52 Å². The minimum absolute atomic E-state index is 0.335. The summed E-state index contributed by atoms with van der Waals surface area (Å²) in [5.74, 6) is 0.807. The summed E-state index contributed by atoms with van der Waals surface area (Å²) in [4.78, 5) is 0. The smallest absolute Gasteiger partial charge is 0.107 e. The lowest BCUT2D eigenvalue weighted by Crippen LogP contribution is -2.02. The van der Waals surface area contributed by atoms with Crippen LogP contribution in [0.4, 0.5) is 0 Å². The van der Waals surface area contributed by atoms with Crippen molar-refractivity contribution in [3.63, 3.8) is 0 Å². The van der Waals surface area contributed by atoms with E-state index in [2.05, 4.69) is 15.9 Å². The summed E-state index contributed by atoms with van der Waals surface area (Å²) in [7, 11) is 0. The van der Waals surface area contributed by atoms with Crippen molar-refractivity contribution in [2.75, 3.05) is 0 Å². The van der Waals surface area contributed by atoms with Gasteiger partial charge in [-0.05, 0) is 28.9 Å². The molecule has 0 fully saturated rings. The summed E-state index contributed by atoms with van der Waals surface area (Å²) in [5.41, 5.74) is 0. The fraction of sp³-hybridized carbons (Fsp3) is 0.429. The van der Waals surface area contributed by atoms with Crippen LogP contribution in [0.15, 0.2) is 21.2 Å². The Morgan fingerprint density at radius 1 is 1.80 bits per heavy atom. The summed E-state index contributed by atoms with van der Waals surface area (Å²) < 4.78 is 5.99. The molecule has 0 bridgehead atoms. The fourth-order valence-electron chi connectivity index (χ4n) is 0.752. The second kappa shape index (κ2) is 3.21. The SMILES string of the molecule is CC(O)Cc1cc(Br)co1. The highest BCUT2D eigenvalue weighted by atomic mass is 79.9. The van der Waals surface area contributed by atoms with Crippen LogP contribution in [-0.2, 0) is 6.42 Å². The number of hydrogen-bond acceptors (Lipinski definition) is 2. The number of furan rings is 1. The molecule has 1 aromatic heterocycles. The summed E-state index contributed by atoms with van der Waals surface area (Å²) in [5, 5.41) is 8.94. The average molecular weight is 205 g/mol. The van der Waals surface area contributed by atoms with E-state index in [1.807, 2.05) is 6.07 Å². The fourth-order valence-corrected chi connectivity index (χ4v) is 1.10. The predicted molar refractivity (Wildman–Crippen MR) is 41.8 cm³/mol. The molecule has 1 heterocycles. The first kappa shape index (κ1) is 7.82. The van der Waals surface area contributed by atoms with Gasteiger partial charge in [-0.3, -0.25) is 0 Å². The van der Waals surface area contributed by atoms with Gasteiger partial charge in [-0.2, -0.15) is 0 Å². The monoisotopic (exact) mass is 204 g/mol. The standard InChI is InChI=1S/C7H9BrO2/c1-5(9)2-7-3-6(8)4-10-7/h3-5,9H,2H2,1H3. The van der Waals surface area contributed by atoms with Crippen molar-refractivity contribution in [3.05, 3.63) is 22.6 Å². The van der Waals surface area contributed by atoms with Crippen LogP contribution < -0.4 is 0 Å². The van der Waals surface area contributed by atoms with Crippen LogP contribution in [0.2, 0.25) is 0 Å². The molecule has 0 spiro atoms. The van der Waals surface area contributed by atoms with Crippen molar-refractivity contribution in [2.24, 2.45) is 0 Å². The Kier molecular flexibility index (Phi) is 2.51. The van der Waals surface area contributed by atoms with Crippen LogP contribution in [0, 0.1) is 0 Å². The Bertz CT molecular complexity index is 205. The molecule has 2 nitrogen and oxygen atoms in total. The third-order valence-electron chi connectivity index (χ3n) is 1.12. The first-order valence-electron chi connectivity index (χ1n) is 3.09. The second-order valence-corrected chi connectivity index (χ2v) is 3.20. The molecular weight excluding hydrogens is 196 g/mol. The molecule has 1 N–H and O–H groups in total. The number of rotatable bonds is 2.